The molecule has 4 heteroatoms. The van der Waals surface area contributed by atoms with Crippen molar-refractivity contribution in [3.63, 3.8) is 0 Å². The first-order valence-corrected chi connectivity index (χ1v) is 14.2. The first-order chi connectivity index (χ1) is 21.2. The highest BCUT2D eigenvalue weighted by Crippen LogP contribution is 2.41. The van der Waals surface area contributed by atoms with Crippen molar-refractivity contribution >= 4 is 43.6 Å². The van der Waals surface area contributed by atoms with Gasteiger partial charge in [-0.25, -0.2) is 0 Å². The number of aryl methyl sites for hydroxylation is 1. The molecule has 0 radical (unpaired) electrons. The highest BCUT2D eigenvalue weighted by Gasteiger charge is 2.20. The summed E-state index contributed by atoms with van der Waals surface area (Å²) in [5, 5.41) is 24.4. The summed E-state index contributed by atoms with van der Waals surface area (Å²) in [4.78, 5) is 0. The van der Waals surface area contributed by atoms with Crippen molar-refractivity contribution in [3.8, 4) is 34.6 Å². The molecule has 2 heterocycles. The Morgan fingerprint density at radius 3 is 1.98 bits per heavy atom. The molecule has 8 rings (SSSR count). The van der Waals surface area contributed by atoms with Crippen molar-refractivity contribution in [1.82, 2.24) is 9.13 Å². The van der Waals surface area contributed by atoms with Crippen LogP contribution in [0.15, 0.2) is 127 Å². The summed E-state index contributed by atoms with van der Waals surface area (Å²) in [6.45, 7) is 1.97. The molecular weight excluding hydrogens is 524 g/mol. The van der Waals surface area contributed by atoms with E-state index in [1.54, 1.807) is 6.07 Å². The zero-order valence-corrected chi connectivity index (χ0v) is 23.4. The molecule has 0 atom stereocenters. The number of rotatable bonds is 3. The third kappa shape index (κ3) is 3.61. The monoisotopic (exact) mass is 548 g/mol. The maximum atomic E-state index is 10.1. The lowest BCUT2D eigenvalue weighted by atomic mass is 9.98. The second kappa shape index (κ2) is 9.48. The van der Waals surface area contributed by atoms with Crippen LogP contribution in [-0.4, -0.2) is 9.13 Å². The maximum absolute atomic E-state index is 10.1. The number of hydrogen-bond donors (Lipinski definition) is 0. The summed E-state index contributed by atoms with van der Waals surface area (Å²) in [7, 11) is 0. The Hall–Kier alpha value is -6.10. The molecule has 0 saturated heterocycles. The van der Waals surface area contributed by atoms with Gasteiger partial charge in [-0.05, 0) is 72.1 Å². The van der Waals surface area contributed by atoms with Gasteiger partial charge in [-0.15, -0.1) is 0 Å². The van der Waals surface area contributed by atoms with E-state index in [1.165, 1.54) is 16.3 Å². The number of aromatic nitrogens is 2. The average molecular weight is 549 g/mol. The van der Waals surface area contributed by atoms with Crippen LogP contribution in [0.1, 0.15) is 16.7 Å². The van der Waals surface area contributed by atoms with Gasteiger partial charge in [0.25, 0.3) is 0 Å². The fraction of sp³-hybridized carbons (Fsp3) is 0.0256. The van der Waals surface area contributed by atoms with Gasteiger partial charge in [0.1, 0.15) is 6.07 Å². The summed E-state index contributed by atoms with van der Waals surface area (Å²) in [5.41, 5.74) is 10.4. The minimum Gasteiger partial charge on any atom is -0.309 e. The first-order valence-electron chi connectivity index (χ1n) is 14.2. The summed E-state index contributed by atoms with van der Waals surface area (Å²) in [6, 6.07) is 48.7. The first kappa shape index (κ1) is 24.7. The van der Waals surface area contributed by atoms with E-state index in [1.807, 2.05) is 25.1 Å². The quantitative estimate of drug-likeness (QED) is 0.221. The zero-order valence-electron chi connectivity index (χ0n) is 23.4. The Morgan fingerprint density at radius 1 is 0.535 bits per heavy atom. The summed E-state index contributed by atoms with van der Waals surface area (Å²) in [6.07, 6.45) is 0. The van der Waals surface area contributed by atoms with Crippen molar-refractivity contribution < 1.29 is 0 Å². The molecule has 200 valence electrons. The molecule has 0 amide bonds. The van der Waals surface area contributed by atoms with Crippen LogP contribution in [0, 0.1) is 29.6 Å². The Kier molecular flexibility index (Phi) is 5.44. The van der Waals surface area contributed by atoms with Crippen molar-refractivity contribution in [2.45, 2.75) is 6.92 Å². The van der Waals surface area contributed by atoms with Gasteiger partial charge >= 0.3 is 0 Å². The van der Waals surface area contributed by atoms with E-state index in [2.05, 4.69) is 124 Å². The third-order valence-corrected chi connectivity index (χ3v) is 8.47. The molecule has 0 saturated carbocycles. The van der Waals surface area contributed by atoms with Crippen LogP contribution in [0.3, 0.4) is 0 Å². The molecule has 8 aromatic rings. The van der Waals surface area contributed by atoms with Gasteiger partial charge in [0.2, 0.25) is 0 Å². The Morgan fingerprint density at radius 2 is 1.21 bits per heavy atom. The second-order valence-electron chi connectivity index (χ2n) is 10.9. The van der Waals surface area contributed by atoms with Crippen LogP contribution in [-0.2, 0) is 0 Å². The molecule has 0 bridgehead atoms. The van der Waals surface area contributed by atoms with E-state index in [0.29, 0.717) is 11.1 Å². The van der Waals surface area contributed by atoms with E-state index in [4.69, 9.17) is 0 Å². The second-order valence-corrected chi connectivity index (χ2v) is 10.9. The van der Waals surface area contributed by atoms with E-state index < -0.39 is 0 Å². The molecule has 0 N–H and O–H groups in total. The molecule has 43 heavy (non-hydrogen) atoms. The van der Waals surface area contributed by atoms with E-state index in [0.717, 1.165) is 55.4 Å². The van der Waals surface area contributed by atoms with Crippen LogP contribution in [0.25, 0.3) is 66.1 Å². The standard InChI is InChI=1S/C39H24N4/c1-25-20-26(23-40)21-28(24-41)39(25)43-35-16-8-6-13-33(35)38-30(14-9-17-36(38)43)27-18-19-32-31-12-5-7-15-34(31)42(37(32)22-27)29-10-3-2-4-11-29/h2-22H,1H3. The van der Waals surface area contributed by atoms with E-state index in [-0.39, 0.29) is 0 Å². The van der Waals surface area contributed by atoms with E-state index >= 15 is 0 Å². The lowest BCUT2D eigenvalue weighted by Gasteiger charge is -2.14. The summed E-state index contributed by atoms with van der Waals surface area (Å²) in [5.74, 6) is 0. The molecule has 6 aromatic carbocycles. The fourth-order valence-corrected chi connectivity index (χ4v) is 6.72. The highest BCUT2D eigenvalue weighted by molar-refractivity contribution is 6.17. The van der Waals surface area contributed by atoms with Gasteiger partial charge in [-0.2, -0.15) is 10.5 Å². The van der Waals surface area contributed by atoms with Crippen molar-refractivity contribution in [2.24, 2.45) is 0 Å². The molecule has 0 fully saturated rings. The molecule has 0 aliphatic carbocycles. The SMILES string of the molecule is Cc1cc(C#N)cc(C#N)c1-n1c2ccccc2c2c(-c3ccc4c5ccccc5n(-c5ccccc5)c4c3)cccc21. The minimum atomic E-state index is 0.485. The van der Waals surface area contributed by atoms with Gasteiger partial charge in [-0.1, -0.05) is 78.9 Å². The topological polar surface area (TPSA) is 57.4 Å². The molecule has 0 unspecified atom stereocenters. The molecular formula is C39H24N4. The number of hydrogen-bond acceptors (Lipinski definition) is 2. The smallest absolute Gasteiger partial charge is 0.101 e. The predicted octanol–water partition coefficient (Wildman–Crippen LogP) is 9.60. The molecule has 0 aliphatic rings. The third-order valence-electron chi connectivity index (χ3n) is 8.47. The van der Waals surface area contributed by atoms with Gasteiger partial charge in [0, 0.05) is 27.2 Å². The van der Waals surface area contributed by atoms with Gasteiger partial charge in [0.05, 0.1) is 45.0 Å². The van der Waals surface area contributed by atoms with Crippen LogP contribution in [0.4, 0.5) is 0 Å². The lowest BCUT2D eigenvalue weighted by Crippen LogP contribution is -2.01. The lowest BCUT2D eigenvalue weighted by molar-refractivity contribution is 1.13. The molecule has 0 aliphatic heterocycles. The predicted molar refractivity (Wildman–Crippen MR) is 175 cm³/mol. The molecule has 2 aromatic heterocycles. The number of fused-ring (bicyclic) bond motifs is 6. The Bertz CT molecular complexity index is 2480. The summed E-state index contributed by atoms with van der Waals surface area (Å²) >= 11 is 0. The van der Waals surface area contributed by atoms with Gasteiger partial charge < -0.3 is 9.13 Å². The summed E-state index contributed by atoms with van der Waals surface area (Å²) < 4.78 is 4.53. The number of nitrogens with zero attached hydrogens (tertiary/aromatic N) is 4. The number of nitriles is 2. The van der Waals surface area contributed by atoms with Crippen LogP contribution >= 0.6 is 0 Å². The van der Waals surface area contributed by atoms with Crippen LogP contribution in [0.5, 0.6) is 0 Å². The van der Waals surface area contributed by atoms with Crippen molar-refractivity contribution in [2.75, 3.05) is 0 Å². The van der Waals surface area contributed by atoms with Crippen LogP contribution < -0.4 is 0 Å². The number of benzene rings is 6. The highest BCUT2D eigenvalue weighted by atomic mass is 15.0. The van der Waals surface area contributed by atoms with Crippen molar-refractivity contribution in [3.05, 3.63) is 144 Å². The normalized spacial score (nSPS) is 11.3. The Balaban J connectivity index is 1.46. The minimum absolute atomic E-state index is 0.485. The van der Waals surface area contributed by atoms with Gasteiger partial charge in [-0.3, -0.25) is 0 Å². The fourth-order valence-electron chi connectivity index (χ4n) is 6.72. The van der Waals surface area contributed by atoms with Gasteiger partial charge in [0.15, 0.2) is 0 Å². The Labute approximate surface area is 248 Å². The zero-order chi connectivity index (χ0) is 29.1. The van der Waals surface area contributed by atoms with Crippen molar-refractivity contribution in [1.29, 1.82) is 10.5 Å². The average Bonchev–Trinajstić information content (AvgIpc) is 3.57. The van der Waals surface area contributed by atoms with Crippen LogP contribution in [0.2, 0.25) is 0 Å². The molecule has 0 spiro atoms. The number of para-hydroxylation sites is 3. The van der Waals surface area contributed by atoms with E-state index in [9.17, 15) is 10.5 Å². The molecule has 4 nitrogen and oxygen atoms in total. The largest absolute Gasteiger partial charge is 0.309 e. The maximum Gasteiger partial charge on any atom is 0.101 e.